The molecule has 0 unspecified atom stereocenters. The molecule has 0 saturated heterocycles. The van der Waals surface area contributed by atoms with Gasteiger partial charge in [0.1, 0.15) is 0 Å². The van der Waals surface area contributed by atoms with Gasteiger partial charge in [-0.25, -0.2) is 17.7 Å². The second kappa shape index (κ2) is 5.51. The Kier molecular flexibility index (Phi) is 3.96. The highest BCUT2D eigenvalue weighted by Gasteiger charge is 2.17. The summed E-state index contributed by atoms with van der Waals surface area (Å²) in [4.78, 5) is 7.04. The van der Waals surface area contributed by atoms with Crippen LogP contribution < -0.4 is 11.1 Å². The Morgan fingerprint density at radius 2 is 2.15 bits per heavy atom. The molecule has 2 aromatic rings. The van der Waals surface area contributed by atoms with Gasteiger partial charge in [0, 0.05) is 20.3 Å². The van der Waals surface area contributed by atoms with E-state index in [4.69, 9.17) is 5.73 Å². The fourth-order valence-electron chi connectivity index (χ4n) is 1.64. The minimum absolute atomic E-state index is 0.173. The molecule has 0 fully saturated rings. The van der Waals surface area contributed by atoms with Crippen LogP contribution in [0.2, 0.25) is 0 Å². The standard InChI is InChI=1S/C12H17N5O2S/c1-17(2)20(18,19)10-3-4-12(11(13)5-10)15-7-9-6-14-8-16-9/h3-6,8,15H,7,13H2,1-2H3,(H,14,16). The molecule has 0 aliphatic rings. The number of sulfonamides is 1. The van der Waals surface area contributed by atoms with Crippen LogP contribution in [0.5, 0.6) is 0 Å². The van der Waals surface area contributed by atoms with Crippen LogP contribution in [-0.2, 0) is 16.6 Å². The summed E-state index contributed by atoms with van der Waals surface area (Å²) in [7, 11) is -0.501. The van der Waals surface area contributed by atoms with Gasteiger partial charge < -0.3 is 16.0 Å². The number of hydrogen-bond donors (Lipinski definition) is 3. The fraction of sp³-hybridized carbons (Fsp3) is 0.250. The summed E-state index contributed by atoms with van der Waals surface area (Å²) in [5.41, 5.74) is 7.86. The number of aromatic amines is 1. The average Bonchev–Trinajstić information content (AvgIpc) is 2.90. The number of rotatable bonds is 5. The Balaban J connectivity index is 2.18. The van der Waals surface area contributed by atoms with Gasteiger partial charge in [-0.2, -0.15) is 0 Å². The van der Waals surface area contributed by atoms with E-state index in [0.717, 1.165) is 10.00 Å². The van der Waals surface area contributed by atoms with Crippen LogP contribution in [0.4, 0.5) is 11.4 Å². The predicted octanol–water partition coefficient (Wildman–Crippen LogP) is 0.854. The SMILES string of the molecule is CN(C)S(=O)(=O)c1ccc(NCc2cnc[nH]2)c(N)c1. The zero-order valence-corrected chi connectivity index (χ0v) is 12.1. The summed E-state index contributed by atoms with van der Waals surface area (Å²) >= 11 is 0. The largest absolute Gasteiger partial charge is 0.397 e. The van der Waals surface area contributed by atoms with E-state index >= 15 is 0 Å². The maximum atomic E-state index is 12.0. The molecule has 0 amide bonds. The number of nitrogens with two attached hydrogens (primary N) is 1. The topological polar surface area (TPSA) is 104 Å². The Bertz CT molecular complexity index is 680. The smallest absolute Gasteiger partial charge is 0.242 e. The summed E-state index contributed by atoms with van der Waals surface area (Å²) in [5, 5.41) is 3.12. The lowest BCUT2D eigenvalue weighted by Gasteiger charge is -2.14. The highest BCUT2D eigenvalue weighted by molar-refractivity contribution is 7.89. The number of nitrogen functional groups attached to an aromatic ring is 1. The molecule has 2 rings (SSSR count). The second-order valence-corrected chi connectivity index (χ2v) is 6.62. The summed E-state index contributed by atoms with van der Waals surface area (Å²) < 4.78 is 25.1. The molecular formula is C12H17N5O2S. The van der Waals surface area contributed by atoms with Crippen LogP contribution in [0.1, 0.15) is 5.69 Å². The summed E-state index contributed by atoms with van der Waals surface area (Å²) in [6.45, 7) is 0.532. The van der Waals surface area contributed by atoms with Gasteiger partial charge in [0.05, 0.1) is 34.8 Å². The first-order chi connectivity index (χ1) is 9.41. The van der Waals surface area contributed by atoms with E-state index in [1.807, 2.05) is 0 Å². The molecular weight excluding hydrogens is 278 g/mol. The number of nitrogens with one attached hydrogen (secondary N) is 2. The van der Waals surface area contributed by atoms with E-state index < -0.39 is 10.0 Å². The van der Waals surface area contributed by atoms with Crippen molar-refractivity contribution in [3.63, 3.8) is 0 Å². The van der Waals surface area contributed by atoms with Gasteiger partial charge in [-0.05, 0) is 18.2 Å². The van der Waals surface area contributed by atoms with Crippen molar-refractivity contribution in [3.05, 3.63) is 36.4 Å². The summed E-state index contributed by atoms with van der Waals surface area (Å²) in [6, 6.07) is 4.63. The van der Waals surface area contributed by atoms with Crippen LogP contribution in [0.25, 0.3) is 0 Å². The molecule has 0 atom stereocenters. The van der Waals surface area contributed by atoms with Crippen LogP contribution in [-0.4, -0.2) is 36.8 Å². The minimum atomic E-state index is -3.46. The average molecular weight is 295 g/mol. The highest BCUT2D eigenvalue weighted by Crippen LogP contribution is 2.24. The molecule has 0 aliphatic heterocycles. The Hall–Kier alpha value is -2.06. The zero-order valence-electron chi connectivity index (χ0n) is 11.3. The maximum absolute atomic E-state index is 12.0. The van der Waals surface area contributed by atoms with E-state index in [2.05, 4.69) is 15.3 Å². The molecule has 7 nitrogen and oxygen atoms in total. The molecule has 8 heteroatoms. The van der Waals surface area contributed by atoms with Crippen molar-refractivity contribution in [1.29, 1.82) is 0 Å². The van der Waals surface area contributed by atoms with E-state index in [0.29, 0.717) is 17.9 Å². The molecule has 4 N–H and O–H groups in total. The van der Waals surface area contributed by atoms with Crippen LogP contribution in [0.15, 0.2) is 35.6 Å². The number of aromatic nitrogens is 2. The predicted molar refractivity (Wildman–Crippen MR) is 77.6 cm³/mol. The van der Waals surface area contributed by atoms with Crippen molar-refractivity contribution in [2.45, 2.75) is 11.4 Å². The molecule has 0 saturated carbocycles. The monoisotopic (exact) mass is 295 g/mol. The highest BCUT2D eigenvalue weighted by atomic mass is 32.2. The molecule has 0 radical (unpaired) electrons. The minimum Gasteiger partial charge on any atom is -0.397 e. The van der Waals surface area contributed by atoms with Gasteiger partial charge in [0.2, 0.25) is 10.0 Å². The molecule has 1 aromatic carbocycles. The number of nitrogens with zero attached hydrogens (tertiary/aromatic N) is 2. The van der Waals surface area contributed by atoms with Crippen LogP contribution >= 0.6 is 0 Å². The maximum Gasteiger partial charge on any atom is 0.242 e. The van der Waals surface area contributed by atoms with E-state index in [1.54, 1.807) is 18.6 Å². The third kappa shape index (κ3) is 2.91. The molecule has 1 aromatic heterocycles. The van der Waals surface area contributed by atoms with Gasteiger partial charge in [-0.15, -0.1) is 0 Å². The number of imidazole rings is 1. The van der Waals surface area contributed by atoms with Gasteiger partial charge >= 0.3 is 0 Å². The van der Waals surface area contributed by atoms with E-state index in [1.165, 1.54) is 26.2 Å². The van der Waals surface area contributed by atoms with Crippen molar-refractivity contribution < 1.29 is 8.42 Å². The molecule has 0 bridgehead atoms. The summed E-state index contributed by atoms with van der Waals surface area (Å²) in [6.07, 6.45) is 3.29. The molecule has 1 heterocycles. The number of benzene rings is 1. The molecule has 108 valence electrons. The fourth-order valence-corrected chi connectivity index (χ4v) is 2.58. The lowest BCUT2D eigenvalue weighted by atomic mass is 10.2. The van der Waals surface area contributed by atoms with Gasteiger partial charge in [-0.1, -0.05) is 0 Å². The first kappa shape index (κ1) is 14.4. The Morgan fingerprint density at radius 3 is 2.70 bits per heavy atom. The molecule has 0 aliphatic carbocycles. The first-order valence-electron chi connectivity index (χ1n) is 5.94. The normalized spacial score (nSPS) is 11.8. The second-order valence-electron chi connectivity index (χ2n) is 4.47. The lowest BCUT2D eigenvalue weighted by molar-refractivity contribution is 0.521. The van der Waals surface area contributed by atoms with Crippen molar-refractivity contribution in [2.75, 3.05) is 25.1 Å². The zero-order chi connectivity index (χ0) is 14.8. The van der Waals surface area contributed by atoms with Crippen LogP contribution in [0, 0.1) is 0 Å². The Morgan fingerprint density at radius 1 is 1.40 bits per heavy atom. The lowest BCUT2D eigenvalue weighted by Crippen LogP contribution is -2.22. The van der Waals surface area contributed by atoms with Gasteiger partial charge in [0.25, 0.3) is 0 Å². The van der Waals surface area contributed by atoms with E-state index in [9.17, 15) is 8.42 Å². The van der Waals surface area contributed by atoms with Crippen molar-refractivity contribution in [1.82, 2.24) is 14.3 Å². The Labute approximate surface area is 117 Å². The summed E-state index contributed by atoms with van der Waals surface area (Å²) in [5.74, 6) is 0. The third-order valence-electron chi connectivity index (χ3n) is 2.83. The van der Waals surface area contributed by atoms with Crippen molar-refractivity contribution in [2.24, 2.45) is 0 Å². The van der Waals surface area contributed by atoms with Gasteiger partial charge in [0.15, 0.2) is 0 Å². The third-order valence-corrected chi connectivity index (χ3v) is 4.64. The van der Waals surface area contributed by atoms with E-state index in [-0.39, 0.29) is 4.90 Å². The first-order valence-corrected chi connectivity index (χ1v) is 7.38. The number of hydrogen-bond acceptors (Lipinski definition) is 5. The van der Waals surface area contributed by atoms with Crippen molar-refractivity contribution in [3.8, 4) is 0 Å². The van der Waals surface area contributed by atoms with Gasteiger partial charge in [-0.3, -0.25) is 0 Å². The van der Waals surface area contributed by atoms with Crippen LogP contribution in [0.3, 0.4) is 0 Å². The molecule has 20 heavy (non-hydrogen) atoms. The quantitative estimate of drug-likeness (QED) is 0.710. The number of anilines is 2. The van der Waals surface area contributed by atoms with Crippen molar-refractivity contribution >= 4 is 21.4 Å². The molecule has 0 spiro atoms. The number of H-pyrrole nitrogens is 1.